The second-order valence-corrected chi connectivity index (χ2v) is 9.89. The van der Waals surface area contributed by atoms with E-state index in [0.29, 0.717) is 12.4 Å². The van der Waals surface area contributed by atoms with Crippen molar-refractivity contribution in [3.8, 4) is 11.5 Å². The summed E-state index contributed by atoms with van der Waals surface area (Å²) in [6, 6.07) is 10.1. The van der Waals surface area contributed by atoms with Gasteiger partial charge in [0.2, 0.25) is 0 Å². The van der Waals surface area contributed by atoms with E-state index in [-0.39, 0.29) is 11.3 Å². The molecule has 0 N–H and O–H groups in total. The first-order valence-electron chi connectivity index (χ1n) is 13.9. The van der Waals surface area contributed by atoms with Crippen LogP contribution in [-0.4, -0.2) is 49.3 Å². The Kier molecular flexibility index (Phi) is 13.7. The molecular formula is C30H34F8O5. The fourth-order valence-corrected chi connectivity index (χ4v) is 3.83. The predicted molar refractivity (Wildman–Crippen MR) is 142 cm³/mol. The summed E-state index contributed by atoms with van der Waals surface area (Å²) in [4.78, 5) is 24.3. The summed E-state index contributed by atoms with van der Waals surface area (Å²) in [7, 11) is 0. The van der Waals surface area contributed by atoms with Gasteiger partial charge in [-0.25, -0.2) is 18.4 Å². The number of ether oxygens (including phenoxy) is 3. The molecule has 13 heteroatoms. The first-order chi connectivity index (χ1) is 20.2. The monoisotopic (exact) mass is 626 g/mol. The molecular weight excluding hydrogens is 592 g/mol. The van der Waals surface area contributed by atoms with Gasteiger partial charge in [-0.05, 0) is 55.0 Å². The Morgan fingerprint density at radius 1 is 0.674 bits per heavy atom. The fraction of sp³-hybridized carbons (Fsp3) is 0.533. The van der Waals surface area contributed by atoms with Gasteiger partial charge in [-0.2, -0.15) is 26.3 Å². The lowest BCUT2D eigenvalue weighted by atomic mass is 10.1. The third-order valence-corrected chi connectivity index (χ3v) is 6.44. The van der Waals surface area contributed by atoms with Crippen molar-refractivity contribution in [1.29, 1.82) is 0 Å². The van der Waals surface area contributed by atoms with Crippen molar-refractivity contribution in [3.05, 3.63) is 59.7 Å². The summed E-state index contributed by atoms with van der Waals surface area (Å²) < 4.78 is 119. The molecule has 2 aromatic rings. The zero-order chi connectivity index (χ0) is 32.1. The summed E-state index contributed by atoms with van der Waals surface area (Å²) in [5.74, 6) is -20.6. The van der Waals surface area contributed by atoms with Crippen molar-refractivity contribution < 1.29 is 58.9 Å². The molecule has 0 spiro atoms. The molecule has 240 valence electrons. The molecule has 0 saturated carbocycles. The van der Waals surface area contributed by atoms with Crippen LogP contribution in [0.3, 0.4) is 0 Å². The number of carbonyl (C=O) groups excluding carboxylic acids is 2. The number of unbranched alkanes of at least 4 members (excludes halogenated alkanes) is 8. The maximum atomic E-state index is 13.6. The molecule has 0 aliphatic carbocycles. The van der Waals surface area contributed by atoms with Gasteiger partial charge in [0.15, 0.2) is 6.61 Å². The molecule has 5 nitrogen and oxygen atoms in total. The molecule has 0 heterocycles. The molecule has 0 saturated heterocycles. The van der Waals surface area contributed by atoms with Crippen LogP contribution >= 0.6 is 0 Å². The SMILES string of the molecule is CCCCCCCCCCCOc1ccc(C(=O)Oc2ccc(C(=O)OCC(F)(F)C(F)(F)C(F)(F)C(F)F)cc2)cc1. The number of benzene rings is 2. The van der Waals surface area contributed by atoms with E-state index in [1.165, 1.54) is 50.7 Å². The van der Waals surface area contributed by atoms with Gasteiger partial charge in [0.05, 0.1) is 17.7 Å². The normalized spacial score (nSPS) is 12.3. The van der Waals surface area contributed by atoms with Gasteiger partial charge in [-0.15, -0.1) is 0 Å². The van der Waals surface area contributed by atoms with E-state index in [2.05, 4.69) is 11.7 Å². The van der Waals surface area contributed by atoms with E-state index in [1.807, 2.05) is 0 Å². The molecule has 0 atom stereocenters. The number of hydrogen-bond donors (Lipinski definition) is 0. The minimum absolute atomic E-state index is 0.0827. The Bertz CT molecular complexity index is 1140. The standard InChI is InChI=1S/C30H34F8O5/c1-2-3-4-5-6-7-8-9-10-19-41-23-15-11-22(12-16-23)26(40)43-24-17-13-21(14-18-24)25(39)42-20-28(33,34)30(37,38)29(35,36)27(31)32/h11-18,27H,2-10,19-20H2,1H3. The third kappa shape index (κ3) is 10.4. The van der Waals surface area contributed by atoms with Crippen LogP contribution in [0.2, 0.25) is 0 Å². The highest BCUT2D eigenvalue weighted by molar-refractivity contribution is 5.92. The Labute approximate surface area is 244 Å². The number of alkyl halides is 8. The molecule has 2 rings (SSSR count). The van der Waals surface area contributed by atoms with Crippen LogP contribution in [0.25, 0.3) is 0 Å². The Hall–Kier alpha value is -3.38. The minimum atomic E-state index is -6.50. The van der Waals surface area contributed by atoms with Crippen LogP contribution in [0.4, 0.5) is 35.1 Å². The van der Waals surface area contributed by atoms with E-state index in [4.69, 9.17) is 9.47 Å². The van der Waals surface area contributed by atoms with Crippen molar-refractivity contribution in [3.63, 3.8) is 0 Å². The first-order valence-corrected chi connectivity index (χ1v) is 13.9. The summed E-state index contributed by atoms with van der Waals surface area (Å²) in [5.41, 5.74) is -0.323. The highest BCUT2D eigenvalue weighted by Gasteiger charge is 2.75. The van der Waals surface area contributed by atoms with Gasteiger partial charge in [-0.3, -0.25) is 0 Å². The molecule has 0 aromatic heterocycles. The first kappa shape index (κ1) is 35.8. The number of hydrogen-bond acceptors (Lipinski definition) is 5. The van der Waals surface area contributed by atoms with E-state index in [0.717, 1.165) is 43.5 Å². The van der Waals surface area contributed by atoms with Crippen LogP contribution in [0.1, 0.15) is 85.4 Å². The average Bonchev–Trinajstić information content (AvgIpc) is 2.97. The number of rotatable bonds is 19. The van der Waals surface area contributed by atoms with Crippen LogP contribution in [-0.2, 0) is 4.74 Å². The highest BCUT2D eigenvalue weighted by atomic mass is 19.4. The number of esters is 2. The second-order valence-electron chi connectivity index (χ2n) is 9.89. The van der Waals surface area contributed by atoms with Gasteiger partial charge in [0.1, 0.15) is 11.5 Å². The molecule has 0 amide bonds. The summed E-state index contributed by atoms with van der Waals surface area (Å²) in [6.07, 6.45) is 5.58. The fourth-order valence-electron chi connectivity index (χ4n) is 3.83. The minimum Gasteiger partial charge on any atom is -0.494 e. The van der Waals surface area contributed by atoms with Gasteiger partial charge in [0.25, 0.3) is 0 Å². The highest BCUT2D eigenvalue weighted by Crippen LogP contribution is 2.48. The van der Waals surface area contributed by atoms with Crippen molar-refractivity contribution in [1.82, 2.24) is 0 Å². The molecule has 0 fully saturated rings. The maximum absolute atomic E-state index is 13.6. The molecule has 2 aromatic carbocycles. The zero-order valence-corrected chi connectivity index (χ0v) is 23.5. The average molecular weight is 627 g/mol. The maximum Gasteiger partial charge on any atom is 0.381 e. The Balaban J connectivity index is 1.79. The van der Waals surface area contributed by atoms with Gasteiger partial charge < -0.3 is 14.2 Å². The quantitative estimate of drug-likeness (QED) is 0.0674. The third-order valence-electron chi connectivity index (χ3n) is 6.44. The van der Waals surface area contributed by atoms with Gasteiger partial charge in [-0.1, -0.05) is 58.3 Å². The van der Waals surface area contributed by atoms with Crippen LogP contribution in [0.15, 0.2) is 48.5 Å². The molecule has 43 heavy (non-hydrogen) atoms. The van der Waals surface area contributed by atoms with Crippen molar-refractivity contribution in [2.24, 2.45) is 0 Å². The topological polar surface area (TPSA) is 61.8 Å². The van der Waals surface area contributed by atoms with Crippen LogP contribution in [0, 0.1) is 0 Å². The smallest absolute Gasteiger partial charge is 0.381 e. The summed E-state index contributed by atoms with van der Waals surface area (Å²) in [6.45, 7) is 0.141. The largest absolute Gasteiger partial charge is 0.494 e. The molecule has 0 unspecified atom stereocenters. The van der Waals surface area contributed by atoms with Crippen molar-refractivity contribution in [2.45, 2.75) is 88.9 Å². The Morgan fingerprint density at radius 2 is 1.14 bits per heavy atom. The lowest BCUT2D eigenvalue weighted by Crippen LogP contribution is -2.59. The number of carbonyl (C=O) groups is 2. The van der Waals surface area contributed by atoms with Crippen LogP contribution in [0.5, 0.6) is 11.5 Å². The molecule has 0 aliphatic rings. The summed E-state index contributed by atoms with van der Waals surface area (Å²) in [5, 5.41) is 0. The Morgan fingerprint density at radius 3 is 1.65 bits per heavy atom. The lowest BCUT2D eigenvalue weighted by Gasteiger charge is -2.31. The lowest BCUT2D eigenvalue weighted by molar-refractivity contribution is -0.343. The van der Waals surface area contributed by atoms with E-state index >= 15 is 0 Å². The van der Waals surface area contributed by atoms with Crippen molar-refractivity contribution in [2.75, 3.05) is 13.2 Å². The van der Waals surface area contributed by atoms with E-state index < -0.39 is 48.3 Å². The van der Waals surface area contributed by atoms with E-state index in [9.17, 15) is 44.7 Å². The zero-order valence-electron chi connectivity index (χ0n) is 23.5. The van der Waals surface area contributed by atoms with Crippen molar-refractivity contribution >= 4 is 11.9 Å². The predicted octanol–water partition coefficient (Wildman–Crippen LogP) is 9.14. The van der Waals surface area contributed by atoms with Gasteiger partial charge in [0, 0.05) is 0 Å². The molecule has 0 radical (unpaired) electrons. The molecule has 0 aliphatic heterocycles. The summed E-state index contributed by atoms with van der Waals surface area (Å²) >= 11 is 0. The number of halogens is 8. The van der Waals surface area contributed by atoms with E-state index in [1.54, 1.807) is 12.1 Å². The second kappa shape index (κ2) is 16.5. The van der Waals surface area contributed by atoms with Crippen LogP contribution < -0.4 is 9.47 Å². The molecule has 0 bridgehead atoms. The van der Waals surface area contributed by atoms with Gasteiger partial charge >= 0.3 is 36.1 Å².